The highest BCUT2D eigenvalue weighted by Gasteiger charge is 2.30. The zero-order valence-corrected chi connectivity index (χ0v) is 11.7. The van der Waals surface area contributed by atoms with Crippen LogP contribution in [0.5, 0.6) is 0 Å². The normalized spacial score (nSPS) is 19.2. The van der Waals surface area contributed by atoms with Gasteiger partial charge in [0.25, 0.3) is 0 Å². The number of halogens is 1. The number of pyridine rings is 1. The Balaban J connectivity index is 2.14. The minimum absolute atomic E-state index is 0.397. The molecule has 1 N–H and O–H groups in total. The molecule has 1 saturated heterocycles. The second kappa shape index (κ2) is 5.29. The quantitative estimate of drug-likeness (QED) is 0.862. The molecule has 0 radical (unpaired) electrons. The molecule has 1 unspecified atom stereocenters. The summed E-state index contributed by atoms with van der Waals surface area (Å²) in [5.74, 6) is -0.115. The van der Waals surface area contributed by atoms with E-state index in [9.17, 15) is 9.90 Å². The van der Waals surface area contributed by atoms with Gasteiger partial charge in [-0.1, -0.05) is 35.9 Å². The Labute approximate surface area is 122 Å². The molecule has 0 bridgehead atoms. The number of rotatable bonds is 2. The molecule has 1 fully saturated rings. The number of carboxylic acids is 1. The predicted octanol–water partition coefficient (Wildman–Crippen LogP) is 3.33. The molecule has 1 aliphatic heterocycles. The lowest BCUT2D eigenvalue weighted by Crippen LogP contribution is -2.45. The number of carbonyl (C=O) groups is 1. The molecule has 20 heavy (non-hydrogen) atoms. The van der Waals surface area contributed by atoms with E-state index < -0.39 is 12.0 Å². The van der Waals surface area contributed by atoms with Crippen LogP contribution in [0.1, 0.15) is 19.3 Å². The molecule has 0 amide bonds. The van der Waals surface area contributed by atoms with Crippen molar-refractivity contribution >= 4 is 34.2 Å². The van der Waals surface area contributed by atoms with Crippen LogP contribution in [0, 0.1) is 0 Å². The van der Waals surface area contributed by atoms with Crippen LogP contribution < -0.4 is 4.90 Å². The summed E-state index contributed by atoms with van der Waals surface area (Å²) >= 11 is 6.09. The molecule has 1 aromatic heterocycles. The number of piperidine rings is 1. The molecular weight excluding hydrogens is 276 g/mol. The van der Waals surface area contributed by atoms with E-state index >= 15 is 0 Å². The third-order valence-corrected chi connectivity index (χ3v) is 3.94. The van der Waals surface area contributed by atoms with Crippen LogP contribution in [0.15, 0.2) is 30.3 Å². The van der Waals surface area contributed by atoms with Gasteiger partial charge < -0.3 is 10.0 Å². The molecule has 1 aliphatic rings. The standard InChI is InChI=1S/C15H15ClN2O2/c16-13-9-10-5-1-2-6-11(10)14(17-13)18-8-4-3-7-12(18)15(19)20/h1-2,5-6,9,12H,3-4,7-8H2,(H,19,20). The fourth-order valence-electron chi connectivity index (χ4n) is 2.81. The molecule has 0 spiro atoms. The van der Waals surface area contributed by atoms with Gasteiger partial charge in [-0.15, -0.1) is 0 Å². The second-order valence-corrected chi connectivity index (χ2v) is 5.42. The minimum Gasteiger partial charge on any atom is -0.480 e. The van der Waals surface area contributed by atoms with Crippen molar-refractivity contribution in [1.29, 1.82) is 0 Å². The van der Waals surface area contributed by atoms with Crippen molar-refractivity contribution in [1.82, 2.24) is 4.98 Å². The van der Waals surface area contributed by atoms with Gasteiger partial charge in [0.05, 0.1) is 0 Å². The van der Waals surface area contributed by atoms with Gasteiger partial charge in [0.2, 0.25) is 0 Å². The van der Waals surface area contributed by atoms with Gasteiger partial charge in [-0.25, -0.2) is 9.78 Å². The Morgan fingerprint density at radius 3 is 2.95 bits per heavy atom. The molecule has 0 saturated carbocycles. The predicted molar refractivity (Wildman–Crippen MR) is 79.4 cm³/mol. The van der Waals surface area contributed by atoms with Crippen LogP contribution in [-0.2, 0) is 4.79 Å². The summed E-state index contributed by atoms with van der Waals surface area (Å²) in [6.07, 6.45) is 2.57. The van der Waals surface area contributed by atoms with Gasteiger partial charge in [0.15, 0.2) is 0 Å². The summed E-state index contributed by atoms with van der Waals surface area (Å²) in [7, 11) is 0. The second-order valence-electron chi connectivity index (χ2n) is 5.03. The summed E-state index contributed by atoms with van der Waals surface area (Å²) in [4.78, 5) is 17.7. The first-order valence-electron chi connectivity index (χ1n) is 6.71. The van der Waals surface area contributed by atoms with Gasteiger partial charge in [0.1, 0.15) is 17.0 Å². The van der Waals surface area contributed by atoms with Gasteiger partial charge in [-0.05, 0) is 30.7 Å². The smallest absolute Gasteiger partial charge is 0.326 e. The summed E-state index contributed by atoms with van der Waals surface area (Å²) in [6, 6.07) is 9.08. The minimum atomic E-state index is -0.796. The number of hydrogen-bond donors (Lipinski definition) is 1. The Morgan fingerprint density at radius 1 is 1.35 bits per heavy atom. The van der Waals surface area contributed by atoms with E-state index in [1.165, 1.54) is 0 Å². The number of aromatic nitrogens is 1. The molecule has 0 aliphatic carbocycles. The summed E-state index contributed by atoms with van der Waals surface area (Å²) in [5.41, 5.74) is 0. The van der Waals surface area contributed by atoms with Crippen LogP contribution in [0.25, 0.3) is 10.8 Å². The van der Waals surface area contributed by atoms with Gasteiger partial charge in [-0.3, -0.25) is 0 Å². The van der Waals surface area contributed by atoms with Gasteiger partial charge >= 0.3 is 5.97 Å². The topological polar surface area (TPSA) is 53.4 Å². The van der Waals surface area contributed by atoms with Crippen molar-refractivity contribution in [3.8, 4) is 0 Å². The van der Waals surface area contributed by atoms with Crippen LogP contribution >= 0.6 is 11.6 Å². The lowest BCUT2D eigenvalue weighted by Gasteiger charge is -2.34. The van der Waals surface area contributed by atoms with Crippen LogP contribution in [0.4, 0.5) is 5.82 Å². The molecule has 2 aromatic rings. The molecule has 104 valence electrons. The molecule has 1 aromatic carbocycles. The maximum atomic E-state index is 11.5. The summed E-state index contributed by atoms with van der Waals surface area (Å²) < 4.78 is 0. The first kappa shape index (κ1) is 13.2. The van der Waals surface area contributed by atoms with E-state index in [1.807, 2.05) is 29.2 Å². The van der Waals surface area contributed by atoms with Crippen molar-refractivity contribution in [2.45, 2.75) is 25.3 Å². The highest BCUT2D eigenvalue weighted by molar-refractivity contribution is 6.30. The van der Waals surface area contributed by atoms with Crippen molar-refractivity contribution in [2.75, 3.05) is 11.4 Å². The molecule has 4 nitrogen and oxygen atoms in total. The first-order valence-corrected chi connectivity index (χ1v) is 7.09. The Hall–Kier alpha value is -1.81. The summed E-state index contributed by atoms with van der Waals surface area (Å²) in [5, 5.41) is 11.7. The Bertz CT molecular complexity index is 659. The van der Waals surface area contributed by atoms with E-state index in [-0.39, 0.29) is 0 Å². The number of nitrogens with zero attached hydrogens (tertiary/aromatic N) is 2. The highest BCUT2D eigenvalue weighted by atomic mass is 35.5. The van der Waals surface area contributed by atoms with E-state index in [0.717, 1.165) is 23.6 Å². The van der Waals surface area contributed by atoms with Crippen LogP contribution in [0.3, 0.4) is 0 Å². The van der Waals surface area contributed by atoms with E-state index in [1.54, 1.807) is 6.07 Å². The van der Waals surface area contributed by atoms with Crippen molar-refractivity contribution in [3.63, 3.8) is 0 Å². The average Bonchev–Trinajstić information content (AvgIpc) is 2.46. The van der Waals surface area contributed by atoms with Crippen molar-refractivity contribution in [2.24, 2.45) is 0 Å². The number of benzene rings is 1. The Kier molecular flexibility index (Phi) is 3.49. The average molecular weight is 291 g/mol. The number of fused-ring (bicyclic) bond motifs is 1. The van der Waals surface area contributed by atoms with Crippen molar-refractivity contribution < 1.29 is 9.90 Å². The van der Waals surface area contributed by atoms with Crippen molar-refractivity contribution in [3.05, 3.63) is 35.5 Å². The Morgan fingerprint density at radius 2 is 2.15 bits per heavy atom. The third kappa shape index (κ3) is 2.31. The fourth-order valence-corrected chi connectivity index (χ4v) is 3.01. The van der Waals surface area contributed by atoms with Gasteiger partial charge in [0, 0.05) is 11.9 Å². The number of carboxylic acid groups (broad SMARTS) is 1. The highest BCUT2D eigenvalue weighted by Crippen LogP contribution is 2.31. The SMILES string of the molecule is O=C(O)C1CCCCN1c1nc(Cl)cc2ccccc12. The van der Waals surface area contributed by atoms with E-state index in [2.05, 4.69) is 4.98 Å². The first-order chi connectivity index (χ1) is 9.66. The van der Waals surface area contributed by atoms with Gasteiger partial charge in [-0.2, -0.15) is 0 Å². The zero-order chi connectivity index (χ0) is 14.1. The lowest BCUT2D eigenvalue weighted by molar-refractivity contribution is -0.139. The van der Waals surface area contributed by atoms with Crippen LogP contribution in [-0.4, -0.2) is 28.6 Å². The molecule has 3 rings (SSSR count). The third-order valence-electron chi connectivity index (χ3n) is 3.75. The number of anilines is 1. The molecule has 2 heterocycles. The molecule has 1 atom stereocenters. The zero-order valence-electron chi connectivity index (χ0n) is 10.9. The largest absolute Gasteiger partial charge is 0.480 e. The number of aliphatic carboxylic acids is 1. The monoisotopic (exact) mass is 290 g/mol. The maximum absolute atomic E-state index is 11.5. The molecule has 5 heteroatoms. The number of hydrogen-bond acceptors (Lipinski definition) is 3. The van der Waals surface area contributed by atoms with Crippen LogP contribution in [0.2, 0.25) is 5.15 Å². The maximum Gasteiger partial charge on any atom is 0.326 e. The van der Waals surface area contributed by atoms with E-state index in [4.69, 9.17) is 11.6 Å². The lowest BCUT2D eigenvalue weighted by atomic mass is 10.0. The molecular formula is C15H15ClN2O2. The fraction of sp³-hybridized carbons (Fsp3) is 0.333. The summed E-state index contributed by atoms with van der Waals surface area (Å²) in [6.45, 7) is 0.703. The van der Waals surface area contributed by atoms with E-state index in [0.29, 0.717) is 23.9 Å².